The summed E-state index contributed by atoms with van der Waals surface area (Å²) in [4.78, 5) is 50.5. The van der Waals surface area contributed by atoms with Crippen molar-refractivity contribution in [3.05, 3.63) is 111 Å². The lowest BCUT2D eigenvalue weighted by Crippen LogP contribution is -2.40. The second kappa shape index (κ2) is 16.8. The number of imidazole rings is 1. The van der Waals surface area contributed by atoms with Gasteiger partial charge in [-0.1, -0.05) is 34.8 Å². The molecule has 0 radical (unpaired) electrons. The topological polar surface area (TPSA) is 256 Å². The van der Waals surface area contributed by atoms with E-state index in [2.05, 4.69) is 19.9 Å². The number of aromatic amines is 2. The molecule has 19 nitrogen and oxygen atoms in total. The molecule has 2 aliphatic heterocycles. The summed E-state index contributed by atoms with van der Waals surface area (Å²) >= 11 is 0.812. The van der Waals surface area contributed by atoms with Crippen LogP contribution in [-0.4, -0.2) is 91.5 Å². The molecular weight excluding hydrogens is 773 g/mol. The Bertz CT molecular complexity index is 2340. The zero-order valence-corrected chi connectivity index (χ0v) is 31.7. The van der Waals surface area contributed by atoms with Crippen LogP contribution in [0.15, 0.2) is 83.0 Å². The number of fused-ring (bicyclic) bond motifs is 1. The van der Waals surface area contributed by atoms with Gasteiger partial charge in [-0.05, 0) is 48.1 Å². The molecule has 2 aliphatic rings. The monoisotopic (exact) mass is 812 g/mol. The fourth-order valence-corrected chi connectivity index (χ4v) is 9.72. The number of aliphatic hydroxyl groups is 2. The number of anilines is 1. The molecule has 5 aromatic rings. The summed E-state index contributed by atoms with van der Waals surface area (Å²) in [5.74, 6) is 0.0817. The van der Waals surface area contributed by atoms with Crippen molar-refractivity contribution in [2.75, 3.05) is 26.1 Å². The number of carbonyl (C=O) groups is 1. The van der Waals surface area contributed by atoms with Gasteiger partial charge in [0.15, 0.2) is 30.9 Å². The predicted octanol–water partition coefficient (Wildman–Crippen LogP) is 1.90. The Kier molecular flexibility index (Phi) is 11.8. The van der Waals surface area contributed by atoms with Crippen molar-refractivity contribution in [1.82, 2.24) is 24.5 Å². The van der Waals surface area contributed by atoms with Crippen molar-refractivity contribution < 1.29 is 52.1 Å². The normalized spacial score (nSPS) is 24.7. The van der Waals surface area contributed by atoms with Crippen molar-refractivity contribution >= 4 is 41.1 Å². The zero-order valence-electron chi connectivity index (χ0n) is 30.0. The predicted molar refractivity (Wildman–Crippen MR) is 198 cm³/mol. The third-order valence-electron chi connectivity index (χ3n) is 9.28. The lowest BCUT2D eigenvalue weighted by Gasteiger charge is -2.28. The fraction of sp³-hybridized carbons (Fsp3) is 0.371. The summed E-state index contributed by atoms with van der Waals surface area (Å²) in [5.41, 5.74) is 7.54. The van der Waals surface area contributed by atoms with E-state index in [-0.39, 0.29) is 24.6 Å². The van der Waals surface area contributed by atoms with E-state index in [1.807, 2.05) is 19.1 Å². The van der Waals surface area contributed by atoms with E-state index in [0.29, 0.717) is 28.0 Å². The van der Waals surface area contributed by atoms with E-state index < -0.39 is 73.6 Å². The molecule has 56 heavy (non-hydrogen) atoms. The first-order chi connectivity index (χ1) is 26.9. The molecule has 0 spiro atoms. The molecule has 21 heteroatoms. The average molecular weight is 813 g/mol. The Labute approximate surface area is 322 Å². The summed E-state index contributed by atoms with van der Waals surface area (Å²) in [6.07, 6.45) is -3.14. The molecule has 7 rings (SSSR count). The Balaban J connectivity index is 1.09. The standard InChI is InChI=1S/C35H38N7O12PS/c1-19-3-7-21(8-4-19)34(46)51-22-9-5-20(6-10-22)16-56-55(48,54-29-24(14-43)53-33(30(29)49-2)41-12-11-26(45)40-35(41)47)50-15-25-23(44)13-27(52-25)42-18-39-28-31(36)37-17-38-32(28)42/h3-12,17-18,23-25,27,29-30,33,43-44H,13-16H2,1-2H3,(H3,36,37,38,40,45,47)/p+1/t23-,24-,25-,27-,29+,30?,33-,55+/m1/s1. The van der Waals surface area contributed by atoms with Crippen LogP contribution in [0, 0.1) is 6.92 Å². The average Bonchev–Trinajstić information content (AvgIpc) is 3.89. The van der Waals surface area contributed by atoms with Crippen LogP contribution < -0.4 is 26.3 Å². The Morgan fingerprint density at radius 2 is 1.86 bits per heavy atom. The molecule has 1 unspecified atom stereocenters. The molecule has 0 aliphatic carbocycles. The number of aromatic nitrogens is 6. The first-order valence-electron chi connectivity index (χ1n) is 17.3. The maximum Gasteiger partial charge on any atom is 0.389 e. The molecule has 6 N–H and O–H groups in total. The van der Waals surface area contributed by atoms with Gasteiger partial charge >= 0.3 is 24.1 Å². The van der Waals surface area contributed by atoms with E-state index >= 15 is 0 Å². The summed E-state index contributed by atoms with van der Waals surface area (Å²) in [6, 6.07) is 14.7. The van der Waals surface area contributed by atoms with Gasteiger partial charge in [0.25, 0.3) is 5.56 Å². The SMILES string of the molecule is COC1[C@@H](O[P@](=O)(OC[C@H]2O[C@@H]([n+]3c[nH]c4c(N)ncnc43)C[C@H]2O)SCc2ccc(OC(=O)c3ccc(C)cc3)cc2)[C@@H](CO)O[C@H]1n1ccc(=O)[nH]c1=O. The highest BCUT2D eigenvalue weighted by molar-refractivity contribution is 8.54. The van der Waals surface area contributed by atoms with Gasteiger partial charge in [-0.25, -0.2) is 18.7 Å². The van der Waals surface area contributed by atoms with Gasteiger partial charge in [0.2, 0.25) is 5.52 Å². The number of nitrogens with zero attached hydrogens (tertiary/aromatic N) is 4. The third kappa shape index (κ3) is 8.48. The molecule has 8 atom stereocenters. The number of aliphatic hydroxyl groups excluding tert-OH is 2. The first kappa shape index (κ1) is 39.5. The van der Waals surface area contributed by atoms with Crippen LogP contribution in [0.4, 0.5) is 5.82 Å². The lowest BCUT2D eigenvalue weighted by molar-refractivity contribution is -0.738. The number of hydrogen-bond donors (Lipinski definition) is 5. The van der Waals surface area contributed by atoms with Crippen LogP contribution in [0.3, 0.4) is 0 Å². The molecule has 0 amide bonds. The second-order valence-corrected chi connectivity index (χ2v) is 17.0. The smallest absolute Gasteiger partial charge is 0.389 e. The molecule has 0 saturated carbocycles. The number of H-pyrrole nitrogens is 2. The van der Waals surface area contributed by atoms with E-state index in [0.717, 1.165) is 27.6 Å². The minimum Gasteiger partial charge on any atom is -0.423 e. The number of carbonyl (C=O) groups excluding carboxylic acids is 1. The molecule has 296 valence electrons. The Morgan fingerprint density at radius 1 is 1.09 bits per heavy atom. The second-order valence-electron chi connectivity index (χ2n) is 13.0. The minimum absolute atomic E-state index is 0.0737. The molecule has 5 heterocycles. The summed E-state index contributed by atoms with van der Waals surface area (Å²) < 4.78 is 52.9. The Hall–Kier alpha value is -4.76. The van der Waals surface area contributed by atoms with Crippen LogP contribution >= 0.6 is 18.2 Å². The van der Waals surface area contributed by atoms with Gasteiger partial charge < -0.3 is 34.9 Å². The van der Waals surface area contributed by atoms with Gasteiger partial charge in [-0.2, -0.15) is 4.98 Å². The summed E-state index contributed by atoms with van der Waals surface area (Å²) in [6.45, 7) is -3.37. The highest BCUT2D eigenvalue weighted by atomic mass is 32.7. The number of esters is 1. The van der Waals surface area contributed by atoms with Crippen LogP contribution in [0.5, 0.6) is 5.75 Å². The summed E-state index contributed by atoms with van der Waals surface area (Å²) in [5, 5.41) is 21.3. The van der Waals surface area contributed by atoms with E-state index in [1.165, 1.54) is 19.6 Å². The quantitative estimate of drug-likeness (QED) is 0.0464. The van der Waals surface area contributed by atoms with Crippen LogP contribution in [0.25, 0.3) is 11.2 Å². The molecular formula is C35H39N7O12PS+. The van der Waals surface area contributed by atoms with E-state index in [9.17, 15) is 29.2 Å². The van der Waals surface area contributed by atoms with Crippen LogP contribution in [0.1, 0.15) is 40.4 Å². The molecule has 0 bridgehead atoms. The number of ether oxygens (including phenoxy) is 4. The van der Waals surface area contributed by atoms with Crippen molar-refractivity contribution in [2.24, 2.45) is 0 Å². The minimum atomic E-state index is -4.28. The van der Waals surface area contributed by atoms with Crippen molar-refractivity contribution in [2.45, 2.75) is 62.1 Å². The maximum absolute atomic E-state index is 14.8. The fourth-order valence-electron chi connectivity index (χ4n) is 6.33. The highest BCUT2D eigenvalue weighted by Crippen LogP contribution is 2.64. The molecule has 2 fully saturated rings. The first-order valence-corrected chi connectivity index (χ1v) is 20.5. The highest BCUT2D eigenvalue weighted by Gasteiger charge is 2.51. The van der Waals surface area contributed by atoms with Crippen LogP contribution in [0.2, 0.25) is 0 Å². The van der Waals surface area contributed by atoms with Gasteiger partial charge in [-0.15, -0.1) is 0 Å². The number of aryl methyl sites for hydroxylation is 1. The largest absolute Gasteiger partial charge is 0.423 e. The van der Waals surface area contributed by atoms with Gasteiger partial charge in [0, 0.05) is 31.5 Å². The number of hydrogen-bond acceptors (Lipinski definition) is 16. The number of rotatable bonds is 14. The molecule has 2 saturated heterocycles. The van der Waals surface area contributed by atoms with E-state index in [1.54, 1.807) is 47.3 Å². The molecule has 3 aromatic heterocycles. The number of nitrogens with one attached hydrogen (secondary N) is 2. The van der Waals surface area contributed by atoms with Crippen molar-refractivity contribution in [3.8, 4) is 5.75 Å². The van der Waals surface area contributed by atoms with Crippen molar-refractivity contribution in [1.29, 1.82) is 0 Å². The number of methoxy groups -OCH3 is 1. The summed E-state index contributed by atoms with van der Waals surface area (Å²) in [7, 11) is 1.32. The zero-order chi connectivity index (χ0) is 39.6. The van der Waals surface area contributed by atoms with E-state index in [4.69, 9.17) is 33.7 Å². The molecule has 2 aromatic carbocycles. The maximum atomic E-state index is 14.8. The van der Waals surface area contributed by atoms with Crippen molar-refractivity contribution in [3.63, 3.8) is 0 Å². The van der Waals surface area contributed by atoms with Crippen LogP contribution in [-0.2, 0) is 33.6 Å². The number of nitrogen functional groups attached to an aromatic ring is 1. The number of benzene rings is 2. The number of nitrogens with two attached hydrogens (primary N) is 1. The van der Waals surface area contributed by atoms with Gasteiger partial charge in [0.05, 0.1) is 24.9 Å². The third-order valence-corrected chi connectivity index (χ3v) is 12.9. The van der Waals surface area contributed by atoms with Gasteiger partial charge in [-0.3, -0.25) is 28.4 Å². The lowest BCUT2D eigenvalue weighted by atomic mass is 10.1. The Morgan fingerprint density at radius 3 is 2.57 bits per heavy atom. The van der Waals surface area contributed by atoms with Gasteiger partial charge in [0.1, 0.15) is 30.2 Å².